The van der Waals surface area contributed by atoms with E-state index >= 15 is 0 Å². The number of hydrogen-bond acceptors (Lipinski definition) is 9. The van der Waals surface area contributed by atoms with Gasteiger partial charge in [-0.1, -0.05) is 17.8 Å². The number of hydrogen-bond donors (Lipinski definition) is 1. The lowest BCUT2D eigenvalue weighted by atomic mass is 10.2. The van der Waals surface area contributed by atoms with Crippen LogP contribution < -0.4 is 19.5 Å². The Morgan fingerprint density at radius 3 is 2.24 bits per heavy atom. The second-order valence-corrected chi connectivity index (χ2v) is 9.31. The minimum Gasteiger partial charge on any atom is -0.493 e. The molecule has 12 heteroatoms. The van der Waals surface area contributed by atoms with Crippen molar-refractivity contribution < 1.29 is 31.8 Å². The quantitative estimate of drug-likeness (QED) is 0.449. The summed E-state index contributed by atoms with van der Waals surface area (Å²) in [7, 11) is 0.407. The van der Waals surface area contributed by atoms with Crippen LogP contribution in [0.3, 0.4) is 0 Å². The highest BCUT2D eigenvalue weighted by Gasteiger charge is 2.21. The number of methoxy groups -OCH3 is 3. The summed E-state index contributed by atoms with van der Waals surface area (Å²) < 4.78 is 54.2. The number of ether oxygens (including phenoxy) is 3. The summed E-state index contributed by atoms with van der Waals surface area (Å²) in [4.78, 5) is 12.1. The average molecular weight is 494 g/mol. The first-order valence-electron chi connectivity index (χ1n) is 9.35. The van der Waals surface area contributed by atoms with Crippen LogP contribution in [0.5, 0.6) is 17.2 Å². The molecule has 1 aromatic heterocycles. The summed E-state index contributed by atoms with van der Waals surface area (Å²) in [5.41, 5.74) is 0.442. The van der Waals surface area contributed by atoms with Gasteiger partial charge in [0.05, 0.1) is 32.0 Å². The first-order chi connectivity index (χ1) is 15.8. The molecule has 0 spiro atoms. The number of sulfone groups is 1. The molecule has 0 saturated carbocycles. The molecular weight excluding hydrogens is 473 g/mol. The lowest BCUT2D eigenvalue weighted by molar-refractivity contribution is -0.113. The number of carbonyl (C=O) groups excluding carboxylic acids is 1. The van der Waals surface area contributed by atoms with Gasteiger partial charge in [0.25, 0.3) is 0 Å². The molecular formula is C21H20FN3O6S2. The molecule has 1 heterocycles. The lowest BCUT2D eigenvalue weighted by Crippen LogP contribution is -2.14. The maximum Gasteiger partial charge on any atom is 0.234 e. The Kier molecular flexibility index (Phi) is 7.71. The van der Waals surface area contributed by atoms with Gasteiger partial charge in [0.2, 0.25) is 21.5 Å². The van der Waals surface area contributed by atoms with Crippen LogP contribution >= 0.6 is 11.8 Å². The largest absolute Gasteiger partial charge is 0.493 e. The Balaban J connectivity index is 1.66. The molecule has 33 heavy (non-hydrogen) atoms. The van der Waals surface area contributed by atoms with Gasteiger partial charge in [-0.25, -0.2) is 12.8 Å². The topological polar surface area (TPSA) is 117 Å². The predicted octanol–water partition coefficient (Wildman–Crippen LogP) is 3.21. The van der Waals surface area contributed by atoms with Gasteiger partial charge in [-0.05, 0) is 30.3 Å². The number of amides is 1. The molecule has 2 aromatic carbocycles. The van der Waals surface area contributed by atoms with Gasteiger partial charge in [0.15, 0.2) is 16.5 Å². The highest BCUT2D eigenvalue weighted by Crippen LogP contribution is 2.40. The fraction of sp³-hybridized carbons (Fsp3) is 0.190. The smallest absolute Gasteiger partial charge is 0.234 e. The van der Waals surface area contributed by atoms with E-state index in [0.29, 0.717) is 28.0 Å². The molecule has 0 aliphatic carbocycles. The number of halogens is 1. The highest BCUT2D eigenvalue weighted by atomic mass is 32.2. The second-order valence-electron chi connectivity index (χ2n) is 6.42. The molecule has 0 saturated heterocycles. The molecule has 3 aromatic rings. The minimum atomic E-state index is -4.01. The molecule has 174 valence electrons. The van der Waals surface area contributed by atoms with E-state index in [0.717, 1.165) is 23.9 Å². The van der Waals surface area contributed by atoms with E-state index in [1.807, 2.05) is 0 Å². The molecule has 0 aliphatic heterocycles. The third-order valence-corrected chi connectivity index (χ3v) is 6.86. The molecule has 0 radical (unpaired) electrons. The molecule has 9 nitrogen and oxygen atoms in total. The Hall–Kier alpha value is -3.38. The number of benzene rings is 2. The van der Waals surface area contributed by atoms with E-state index in [1.54, 1.807) is 12.1 Å². The summed E-state index contributed by atoms with van der Waals surface area (Å²) in [5, 5.41) is 10.3. The Morgan fingerprint density at radius 2 is 1.70 bits per heavy atom. The summed E-state index contributed by atoms with van der Waals surface area (Å²) in [6.07, 6.45) is 0. The summed E-state index contributed by atoms with van der Waals surface area (Å²) in [6, 6.07) is 10.5. The third kappa shape index (κ3) is 5.71. The number of rotatable bonds is 9. The number of nitrogens with one attached hydrogen (secondary N) is 1. The standard InChI is InChI=1S/C21H20FN3O6S2/c1-29-16-10-14(11-17(30-2)21(16)31-3)23-18(26)12-32-19-7-8-20(25-24-19)33(27,28)15-6-4-5-13(22)9-15/h4-11H,12H2,1-3H3,(H,23,26). The van der Waals surface area contributed by atoms with Gasteiger partial charge >= 0.3 is 0 Å². The molecule has 3 rings (SSSR count). The number of thioether (sulfide) groups is 1. The number of nitrogens with zero attached hydrogens (tertiary/aromatic N) is 2. The van der Waals surface area contributed by atoms with E-state index in [9.17, 15) is 17.6 Å². The van der Waals surface area contributed by atoms with Crippen molar-refractivity contribution in [1.82, 2.24) is 10.2 Å². The SMILES string of the molecule is COc1cc(NC(=O)CSc2ccc(S(=O)(=O)c3cccc(F)c3)nn2)cc(OC)c1OC. The number of carbonyl (C=O) groups is 1. The Labute approximate surface area is 194 Å². The Bertz CT molecular complexity index is 1230. The van der Waals surface area contributed by atoms with Crippen molar-refractivity contribution in [1.29, 1.82) is 0 Å². The van der Waals surface area contributed by atoms with E-state index in [-0.39, 0.29) is 21.6 Å². The van der Waals surface area contributed by atoms with Crippen LogP contribution in [0, 0.1) is 5.82 Å². The van der Waals surface area contributed by atoms with Crippen molar-refractivity contribution in [3.63, 3.8) is 0 Å². The minimum absolute atomic E-state index is 0.0126. The van der Waals surface area contributed by atoms with Crippen LogP contribution in [0.4, 0.5) is 10.1 Å². The Morgan fingerprint density at radius 1 is 1.00 bits per heavy atom. The zero-order chi connectivity index (χ0) is 24.0. The molecule has 1 amide bonds. The summed E-state index contributed by atoms with van der Waals surface area (Å²) in [5.74, 6) is 0.153. The van der Waals surface area contributed by atoms with Gasteiger partial charge in [-0.3, -0.25) is 4.79 Å². The number of aromatic nitrogens is 2. The van der Waals surface area contributed by atoms with Gasteiger partial charge in [-0.2, -0.15) is 0 Å². The third-order valence-electron chi connectivity index (χ3n) is 4.30. The van der Waals surface area contributed by atoms with E-state index in [2.05, 4.69) is 15.5 Å². The summed E-state index contributed by atoms with van der Waals surface area (Å²) >= 11 is 1.07. The molecule has 0 bridgehead atoms. The predicted molar refractivity (Wildman–Crippen MR) is 119 cm³/mol. The van der Waals surface area contributed by atoms with E-state index in [1.165, 1.54) is 45.6 Å². The molecule has 0 fully saturated rings. The van der Waals surface area contributed by atoms with Crippen molar-refractivity contribution in [3.05, 3.63) is 54.3 Å². The van der Waals surface area contributed by atoms with Gasteiger partial charge in [0, 0.05) is 17.8 Å². The van der Waals surface area contributed by atoms with Gasteiger partial charge < -0.3 is 19.5 Å². The van der Waals surface area contributed by atoms with Crippen LogP contribution in [0.15, 0.2) is 63.5 Å². The zero-order valence-corrected chi connectivity index (χ0v) is 19.5. The van der Waals surface area contributed by atoms with Crippen LogP contribution in [-0.2, 0) is 14.6 Å². The lowest BCUT2D eigenvalue weighted by Gasteiger charge is -2.14. The maximum atomic E-state index is 13.4. The summed E-state index contributed by atoms with van der Waals surface area (Å²) in [6.45, 7) is 0. The van der Waals surface area contributed by atoms with Crippen molar-refractivity contribution in [2.45, 2.75) is 14.9 Å². The van der Waals surface area contributed by atoms with Crippen LogP contribution in [0.1, 0.15) is 0 Å². The molecule has 0 aliphatic rings. The average Bonchev–Trinajstić information content (AvgIpc) is 2.82. The van der Waals surface area contributed by atoms with Gasteiger partial charge in [-0.15, -0.1) is 10.2 Å². The van der Waals surface area contributed by atoms with E-state index < -0.39 is 15.7 Å². The van der Waals surface area contributed by atoms with Crippen LogP contribution in [0.25, 0.3) is 0 Å². The van der Waals surface area contributed by atoms with E-state index in [4.69, 9.17) is 14.2 Å². The van der Waals surface area contributed by atoms with Gasteiger partial charge in [0.1, 0.15) is 10.8 Å². The molecule has 1 N–H and O–H groups in total. The molecule has 0 atom stereocenters. The molecule has 0 unspecified atom stereocenters. The van der Waals surface area contributed by atoms with Crippen molar-refractivity contribution >= 4 is 33.2 Å². The fourth-order valence-corrected chi connectivity index (χ4v) is 4.55. The van der Waals surface area contributed by atoms with Crippen molar-refractivity contribution in [2.24, 2.45) is 0 Å². The zero-order valence-electron chi connectivity index (χ0n) is 17.9. The maximum absolute atomic E-state index is 13.4. The second kappa shape index (κ2) is 10.5. The monoisotopic (exact) mass is 493 g/mol. The fourth-order valence-electron chi connectivity index (χ4n) is 2.77. The van der Waals surface area contributed by atoms with Crippen molar-refractivity contribution in [2.75, 3.05) is 32.4 Å². The first kappa shape index (κ1) is 24.3. The highest BCUT2D eigenvalue weighted by molar-refractivity contribution is 7.99. The van der Waals surface area contributed by atoms with Crippen molar-refractivity contribution in [3.8, 4) is 17.2 Å². The normalized spacial score (nSPS) is 11.0. The number of anilines is 1. The van der Waals surface area contributed by atoms with Crippen LogP contribution in [-0.4, -0.2) is 51.6 Å². The first-order valence-corrected chi connectivity index (χ1v) is 11.8. The van der Waals surface area contributed by atoms with Crippen LogP contribution in [0.2, 0.25) is 0 Å².